The molecule has 1 N–H and O–H groups in total. The van der Waals surface area contributed by atoms with Crippen molar-refractivity contribution in [3.05, 3.63) is 11.6 Å². The van der Waals surface area contributed by atoms with E-state index in [-0.39, 0.29) is 13.2 Å². The van der Waals surface area contributed by atoms with Gasteiger partial charge in [-0.05, 0) is 0 Å². The number of carbonyl (C=O) groups excluding carboxylic acids is 1. The lowest BCUT2D eigenvalue weighted by Gasteiger charge is -2.31. The summed E-state index contributed by atoms with van der Waals surface area (Å²) < 4.78 is 45.8. The van der Waals surface area contributed by atoms with Crippen LogP contribution in [-0.4, -0.2) is 65.1 Å². The van der Waals surface area contributed by atoms with Crippen LogP contribution in [0.15, 0.2) is 0 Å². The van der Waals surface area contributed by atoms with Crippen LogP contribution >= 0.6 is 0 Å². The second-order valence-corrected chi connectivity index (χ2v) is 4.80. The zero-order chi connectivity index (χ0) is 16.2. The highest BCUT2D eigenvalue weighted by molar-refractivity contribution is 5.77. The number of aromatic amines is 1. The zero-order valence-corrected chi connectivity index (χ0v) is 12.0. The first-order chi connectivity index (χ1) is 10.4. The van der Waals surface area contributed by atoms with Gasteiger partial charge in [0.2, 0.25) is 5.91 Å². The fraction of sp³-hybridized carbons (Fsp3) is 0.750. The summed E-state index contributed by atoms with van der Waals surface area (Å²) in [7, 11) is 0. The van der Waals surface area contributed by atoms with Gasteiger partial charge in [0, 0.05) is 13.0 Å². The quantitative estimate of drug-likeness (QED) is 0.869. The molecule has 1 amide bonds. The highest BCUT2D eigenvalue weighted by atomic mass is 19.4. The number of amides is 1. The molecule has 1 aromatic heterocycles. The van der Waals surface area contributed by atoms with Crippen LogP contribution in [0.4, 0.5) is 13.2 Å². The summed E-state index contributed by atoms with van der Waals surface area (Å²) in [6, 6.07) is 0. The van der Waals surface area contributed by atoms with Crippen molar-refractivity contribution in [1.82, 2.24) is 20.1 Å². The van der Waals surface area contributed by atoms with Crippen molar-refractivity contribution < 1.29 is 27.4 Å². The summed E-state index contributed by atoms with van der Waals surface area (Å²) in [5, 5.41) is 6.77. The summed E-state index contributed by atoms with van der Waals surface area (Å²) in [5.74, 6) is 0.630. The minimum atomic E-state index is -4.44. The number of nitrogens with zero attached hydrogens (tertiary/aromatic N) is 3. The number of aryl methyl sites for hydroxylation is 1. The highest BCUT2D eigenvalue weighted by Gasteiger charge is 2.30. The van der Waals surface area contributed by atoms with Gasteiger partial charge in [-0.1, -0.05) is 6.92 Å². The molecule has 0 spiro atoms. The van der Waals surface area contributed by atoms with Gasteiger partial charge in [0.1, 0.15) is 25.1 Å². The fourth-order valence-corrected chi connectivity index (χ4v) is 1.99. The third-order valence-electron chi connectivity index (χ3n) is 3.08. The molecule has 0 saturated carbocycles. The number of hydrogen-bond donors (Lipinski definition) is 1. The van der Waals surface area contributed by atoms with E-state index in [0.717, 1.165) is 0 Å². The molecule has 1 saturated heterocycles. The Morgan fingerprint density at radius 1 is 1.55 bits per heavy atom. The molecule has 124 valence electrons. The summed E-state index contributed by atoms with van der Waals surface area (Å²) in [6.07, 6.45) is -4.24. The maximum atomic E-state index is 12.0. The van der Waals surface area contributed by atoms with E-state index in [0.29, 0.717) is 24.6 Å². The van der Waals surface area contributed by atoms with E-state index in [9.17, 15) is 18.0 Å². The first kappa shape index (κ1) is 16.7. The van der Waals surface area contributed by atoms with Gasteiger partial charge in [-0.25, -0.2) is 4.98 Å². The molecule has 2 rings (SSSR count). The molecule has 0 aliphatic carbocycles. The van der Waals surface area contributed by atoms with E-state index in [1.54, 1.807) is 0 Å². The van der Waals surface area contributed by atoms with Gasteiger partial charge in [0.05, 0.1) is 13.2 Å². The minimum Gasteiger partial charge on any atom is -0.366 e. The van der Waals surface area contributed by atoms with Crippen molar-refractivity contribution in [3.8, 4) is 0 Å². The normalized spacial score (nSPS) is 19.5. The molecule has 2 heterocycles. The number of carbonyl (C=O) groups is 1. The summed E-state index contributed by atoms with van der Waals surface area (Å²) in [6.45, 7) is 0.629. The van der Waals surface area contributed by atoms with Gasteiger partial charge in [-0.15, -0.1) is 0 Å². The number of halogens is 3. The molecule has 22 heavy (non-hydrogen) atoms. The lowest BCUT2D eigenvalue weighted by molar-refractivity contribution is -0.179. The predicted octanol–water partition coefficient (Wildman–Crippen LogP) is 0.846. The second kappa shape index (κ2) is 7.05. The Kier molecular flexibility index (Phi) is 5.35. The average Bonchev–Trinajstić information content (AvgIpc) is 2.95. The van der Waals surface area contributed by atoms with Crippen LogP contribution in [0, 0.1) is 0 Å². The molecule has 1 atom stereocenters. The van der Waals surface area contributed by atoms with E-state index in [1.165, 1.54) is 4.90 Å². The molecule has 0 radical (unpaired) electrons. The maximum Gasteiger partial charge on any atom is 0.411 e. The number of H-pyrrole nitrogens is 1. The largest absolute Gasteiger partial charge is 0.411 e. The van der Waals surface area contributed by atoms with Crippen molar-refractivity contribution in [2.24, 2.45) is 0 Å². The number of hydrogen-bond acceptors (Lipinski definition) is 5. The molecule has 1 fully saturated rings. The summed E-state index contributed by atoms with van der Waals surface area (Å²) in [4.78, 5) is 17.5. The zero-order valence-electron chi connectivity index (χ0n) is 12.0. The first-order valence-corrected chi connectivity index (χ1v) is 6.84. The monoisotopic (exact) mass is 322 g/mol. The van der Waals surface area contributed by atoms with E-state index >= 15 is 0 Å². The Labute approximate surface area is 124 Å². The van der Waals surface area contributed by atoms with Crippen molar-refractivity contribution >= 4 is 5.91 Å². The molecule has 1 aromatic rings. The van der Waals surface area contributed by atoms with Crippen LogP contribution in [0.2, 0.25) is 0 Å². The Bertz CT molecular complexity index is 506. The van der Waals surface area contributed by atoms with Crippen LogP contribution in [0.5, 0.6) is 0 Å². The number of rotatable bonds is 5. The number of nitrogens with one attached hydrogen (secondary N) is 1. The van der Waals surface area contributed by atoms with Crippen LogP contribution in [0.1, 0.15) is 24.7 Å². The highest BCUT2D eigenvalue weighted by Crippen LogP contribution is 2.19. The maximum absolute atomic E-state index is 12.0. The topological polar surface area (TPSA) is 80.3 Å². The van der Waals surface area contributed by atoms with Crippen LogP contribution in [0.25, 0.3) is 0 Å². The van der Waals surface area contributed by atoms with Gasteiger partial charge in [0.25, 0.3) is 0 Å². The Morgan fingerprint density at radius 3 is 2.95 bits per heavy atom. The fourth-order valence-electron chi connectivity index (χ4n) is 1.99. The third-order valence-corrected chi connectivity index (χ3v) is 3.08. The molecule has 7 nitrogen and oxygen atoms in total. The molecular formula is C12H17F3N4O3. The summed E-state index contributed by atoms with van der Waals surface area (Å²) in [5.41, 5.74) is 0. The molecule has 10 heteroatoms. The number of alkyl halides is 3. The lowest BCUT2D eigenvalue weighted by atomic mass is 10.2. The van der Waals surface area contributed by atoms with Crippen molar-refractivity contribution in [2.75, 3.05) is 32.9 Å². The smallest absolute Gasteiger partial charge is 0.366 e. The van der Waals surface area contributed by atoms with Crippen LogP contribution < -0.4 is 0 Å². The van der Waals surface area contributed by atoms with E-state index in [4.69, 9.17) is 4.74 Å². The van der Waals surface area contributed by atoms with Crippen molar-refractivity contribution in [2.45, 2.75) is 25.6 Å². The molecule has 0 bridgehead atoms. The molecule has 0 aromatic carbocycles. The predicted molar refractivity (Wildman–Crippen MR) is 67.9 cm³/mol. The van der Waals surface area contributed by atoms with E-state index in [1.807, 2.05) is 6.92 Å². The Balaban J connectivity index is 1.85. The second-order valence-electron chi connectivity index (χ2n) is 4.80. The van der Waals surface area contributed by atoms with Gasteiger partial charge in [-0.2, -0.15) is 18.3 Å². The summed E-state index contributed by atoms with van der Waals surface area (Å²) >= 11 is 0. The first-order valence-electron chi connectivity index (χ1n) is 6.84. The van der Waals surface area contributed by atoms with Gasteiger partial charge in [0.15, 0.2) is 5.82 Å². The van der Waals surface area contributed by atoms with Gasteiger partial charge in [-0.3, -0.25) is 9.89 Å². The SMILES string of the molecule is CCc1nc([C@@H]2CN(C(=O)COCC(F)(F)F)CCO2)n[nH]1. The molecule has 1 aliphatic heterocycles. The van der Waals surface area contributed by atoms with Gasteiger partial charge >= 0.3 is 6.18 Å². The molecular weight excluding hydrogens is 305 g/mol. The number of aromatic nitrogens is 3. The average molecular weight is 322 g/mol. The standard InChI is InChI=1S/C12H17F3N4O3/c1-2-9-16-11(18-17-9)8-5-19(3-4-22-8)10(20)6-21-7-12(13,14)15/h8H,2-7H2,1H3,(H,16,17,18)/t8-/m0/s1. The number of morpholine rings is 1. The van der Waals surface area contributed by atoms with Gasteiger partial charge < -0.3 is 14.4 Å². The Morgan fingerprint density at radius 2 is 2.32 bits per heavy atom. The Hall–Kier alpha value is -1.68. The van der Waals surface area contributed by atoms with Crippen LogP contribution in [-0.2, 0) is 20.7 Å². The lowest BCUT2D eigenvalue weighted by Crippen LogP contribution is -2.44. The van der Waals surface area contributed by atoms with Crippen molar-refractivity contribution in [1.29, 1.82) is 0 Å². The molecule has 1 aliphatic rings. The molecule has 0 unspecified atom stereocenters. The van der Waals surface area contributed by atoms with Crippen molar-refractivity contribution in [3.63, 3.8) is 0 Å². The van der Waals surface area contributed by atoms with Crippen LogP contribution in [0.3, 0.4) is 0 Å². The number of ether oxygens (including phenoxy) is 2. The minimum absolute atomic E-state index is 0.190. The van der Waals surface area contributed by atoms with E-state index in [2.05, 4.69) is 19.9 Å². The van der Waals surface area contributed by atoms with E-state index < -0.39 is 31.4 Å². The third kappa shape index (κ3) is 4.67.